The molecular weight excluding hydrogens is 264 g/mol. The first-order valence-electron chi connectivity index (χ1n) is 6.91. The minimum Gasteiger partial charge on any atom is -0.508 e. The van der Waals surface area contributed by atoms with Crippen LogP contribution in [0.2, 0.25) is 0 Å². The first kappa shape index (κ1) is 13.6. The summed E-state index contributed by atoms with van der Waals surface area (Å²) in [5, 5.41) is 18.5. The Kier molecular flexibility index (Phi) is 3.58. The lowest BCUT2D eigenvalue weighted by Crippen LogP contribution is -2.13. The fourth-order valence-corrected chi connectivity index (χ4v) is 2.45. The fourth-order valence-electron chi connectivity index (χ4n) is 2.45. The molecule has 0 unspecified atom stereocenters. The number of para-hydroxylation sites is 1. The Labute approximate surface area is 123 Å². The van der Waals surface area contributed by atoms with Crippen LogP contribution in [0.1, 0.15) is 16.8 Å². The van der Waals surface area contributed by atoms with Crippen molar-refractivity contribution in [1.29, 1.82) is 0 Å². The number of phenols is 1. The number of aromatic hydroxyl groups is 1. The lowest BCUT2D eigenvalue weighted by atomic mass is 10.2. The Morgan fingerprint density at radius 2 is 2.05 bits per heavy atom. The van der Waals surface area contributed by atoms with E-state index in [4.69, 9.17) is 0 Å². The van der Waals surface area contributed by atoms with Crippen molar-refractivity contribution < 1.29 is 5.11 Å². The minimum atomic E-state index is 0.321. The van der Waals surface area contributed by atoms with Crippen molar-refractivity contribution in [1.82, 2.24) is 20.1 Å². The normalized spacial score (nSPS) is 11.1. The number of phenolic OH excluding ortho intramolecular Hbond substituents is 1. The molecule has 21 heavy (non-hydrogen) atoms. The number of fused-ring (bicyclic) bond motifs is 1. The SMILES string of the molecule is Cc1nn(C)c2ncc(CNCc3ccccc3O)cc12. The summed E-state index contributed by atoms with van der Waals surface area (Å²) in [5.74, 6) is 0.321. The number of aromatic nitrogens is 3. The average Bonchev–Trinajstić information content (AvgIpc) is 2.76. The molecule has 1 aromatic carbocycles. The van der Waals surface area contributed by atoms with Crippen molar-refractivity contribution in [2.24, 2.45) is 7.05 Å². The molecular formula is C16H18N4O. The Morgan fingerprint density at radius 3 is 2.86 bits per heavy atom. The van der Waals surface area contributed by atoms with E-state index in [1.165, 1.54) is 0 Å². The second-order valence-electron chi connectivity index (χ2n) is 5.16. The van der Waals surface area contributed by atoms with Gasteiger partial charge in [-0.3, -0.25) is 4.68 Å². The van der Waals surface area contributed by atoms with Gasteiger partial charge in [0.15, 0.2) is 5.65 Å². The van der Waals surface area contributed by atoms with Crippen molar-refractivity contribution in [3.8, 4) is 5.75 Å². The second kappa shape index (κ2) is 5.54. The van der Waals surface area contributed by atoms with Gasteiger partial charge in [-0.2, -0.15) is 5.10 Å². The molecule has 2 N–H and O–H groups in total. The van der Waals surface area contributed by atoms with E-state index in [-0.39, 0.29) is 0 Å². The number of aryl methyl sites for hydroxylation is 2. The van der Waals surface area contributed by atoms with Crippen molar-refractivity contribution in [3.63, 3.8) is 0 Å². The molecule has 3 rings (SSSR count). The second-order valence-corrected chi connectivity index (χ2v) is 5.16. The van der Waals surface area contributed by atoms with Crippen LogP contribution in [0.4, 0.5) is 0 Å². The van der Waals surface area contributed by atoms with Crippen LogP contribution in [0.3, 0.4) is 0 Å². The molecule has 5 heteroatoms. The zero-order chi connectivity index (χ0) is 14.8. The van der Waals surface area contributed by atoms with E-state index < -0.39 is 0 Å². The maximum absolute atomic E-state index is 9.72. The van der Waals surface area contributed by atoms with Gasteiger partial charge in [-0.25, -0.2) is 4.98 Å². The highest BCUT2D eigenvalue weighted by molar-refractivity contribution is 5.78. The van der Waals surface area contributed by atoms with Crippen LogP contribution in [0.25, 0.3) is 11.0 Å². The van der Waals surface area contributed by atoms with E-state index in [1.807, 2.05) is 38.4 Å². The van der Waals surface area contributed by atoms with Gasteiger partial charge < -0.3 is 10.4 Å². The molecule has 0 amide bonds. The Balaban J connectivity index is 1.71. The molecule has 0 aliphatic carbocycles. The molecule has 0 saturated carbocycles. The Hall–Kier alpha value is -2.40. The molecule has 0 atom stereocenters. The number of nitrogens with one attached hydrogen (secondary N) is 1. The van der Waals surface area contributed by atoms with Gasteiger partial charge in [0.25, 0.3) is 0 Å². The number of hydrogen-bond donors (Lipinski definition) is 2. The van der Waals surface area contributed by atoms with E-state index >= 15 is 0 Å². The van der Waals surface area contributed by atoms with Crippen molar-refractivity contribution in [3.05, 3.63) is 53.3 Å². The molecule has 3 aromatic rings. The highest BCUT2D eigenvalue weighted by atomic mass is 16.3. The molecule has 0 aliphatic rings. The predicted octanol–water partition coefficient (Wildman–Crippen LogP) is 2.27. The summed E-state index contributed by atoms with van der Waals surface area (Å²) in [4.78, 5) is 4.46. The highest BCUT2D eigenvalue weighted by Gasteiger charge is 2.07. The number of nitrogens with zero attached hydrogens (tertiary/aromatic N) is 3. The number of benzene rings is 1. The highest BCUT2D eigenvalue weighted by Crippen LogP contribution is 2.17. The number of hydrogen-bond acceptors (Lipinski definition) is 4. The van der Waals surface area contributed by atoms with Crippen LogP contribution < -0.4 is 5.32 Å². The molecule has 2 heterocycles. The third kappa shape index (κ3) is 2.73. The van der Waals surface area contributed by atoms with E-state index in [0.717, 1.165) is 27.9 Å². The van der Waals surface area contributed by atoms with E-state index in [1.54, 1.807) is 10.7 Å². The molecule has 0 spiro atoms. The van der Waals surface area contributed by atoms with Gasteiger partial charge in [-0.1, -0.05) is 18.2 Å². The monoisotopic (exact) mass is 282 g/mol. The summed E-state index contributed by atoms with van der Waals surface area (Å²) in [6, 6.07) is 9.46. The molecule has 0 radical (unpaired) electrons. The summed E-state index contributed by atoms with van der Waals surface area (Å²) in [5.41, 5.74) is 3.89. The zero-order valence-electron chi connectivity index (χ0n) is 12.2. The van der Waals surface area contributed by atoms with Crippen molar-refractivity contribution in [2.45, 2.75) is 20.0 Å². The summed E-state index contributed by atoms with van der Waals surface area (Å²) in [6.07, 6.45) is 1.86. The first-order valence-corrected chi connectivity index (χ1v) is 6.91. The van der Waals surface area contributed by atoms with Gasteiger partial charge in [-0.15, -0.1) is 0 Å². The summed E-state index contributed by atoms with van der Waals surface area (Å²) in [6.45, 7) is 3.31. The standard InChI is InChI=1S/C16H18N4O/c1-11-14-7-12(9-18-16(14)20(2)19-11)8-17-10-13-5-3-4-6-15(13)21/h3-7,9,17,21H,8,10H2,1-2H3. The van der Waals surface area contributed by atoms with E-state index in [9.17, 15) is 5.11 Å². The van der Waals surface area contributed by atoms with E-state index in [0.29, 0.717) is 18.8 Å². The van der Waals surface area contributed by atoms with Crippen LogP contribution in [0.5, 0.6) is 5.75 Å². The van der Waals surface area contributed by atoms with Crippen LogP contribution in [0, 0.1) is 6.92 Å². The third-order valence-corrected chi connectivity index (χ3v) is 3.56. The van der Waals surface area contributed by atoms with Crippen molar-refractivity contribution >= 4 is 11.0 Å². The minimum absolute atomic E-state index is 0.321. The zero-order valence-corrected chi connectivity index (χ0v) is 12.2. The molecule has 0 fully saturated rings. The molecule has 108 valence electrons. The van der Waals surface area contributed by atoms with E-state index in [2.05, 4.69) is 21.5 Å². The van der Waals surface area contributed by atoms with Crippen LogP contribution in [-0.4, -0.2) is 19.9 Å². The molecule has 0 aliphatic heterocycles. The summed E-state index contributed by atoms with van der Waals surface area (Å²) >= 11 is 0. The Morgan fingerprint density at radius 1 is 1.24 bits per heavy atom. The lowest BCUT2D eigenvalue weighted by molar-refractivity contribution is 0.464. The van der Waals surface area contributed by atoms with Gasteiger partial charge in [0.05, 0.1) is 5.69 Å². The molecule has 0 bridgehead atoms. The van der Waals surface area contributed by atoms with Crippen LogP contribution >= 0.6 is 0 Å². The third-order valence-electron chi connectivity index (χ3n) is 3.56. The summed E-state index contributed by atoms with van der Waals surface area (Å²) < 4.78 is 1.80. The molecule has 5 nitrogen and oxygen atoms in total. The van der Waals surface area contributed by atoms with Gasteiger partial charge in [0.2, 0.25) is 0 Å². The van der Waals surface area contributed by atoms with Gasteiger partial charge in [0.1, 0.15) is 5.75 Å². The fraction of sp³-hybridized carbons (Fsp3) is 0.250. The molecule has 2 aromatic heterocycles. The largest absolute Gasteiger partial charge is 0.508 e. The topological polar surface area (TPSA) is 63.0 Å². The van der Waals surface area contributed by atoms with Gasteiger partial charge in [0, 0.05) is 37.3 Å². The van der Waals surface area contributed by atoms with Gasteiger partial charge >= 0.3 is 0 Å². The smallest absolute Gasteiger partial charge is 0.157 e. The maximum atomic E-state index is 9.72. The average molecular weight is 282 g/mol. The maximum Gasteiger partial charge on any atom is 0.157 e. The number of rotatable bonds is 4. The van der Waals surface area contributed by atoms with Crippen LogP contribution in [0.15, 0.2) is 36.5 Å². The van der Waals surface area contributed by atoms with Crippen molar-refractivity contribution in [2.75, 3.05) is 0 Å². The number of pyridine rings is 1. The summed E-state index contributed by atoms with van der Waals surface area (Å²) in [7, 11) is 1.90. The Bertz CT molecular complexity index is 779. The lowest BCUT2D eigenvalue weighted by Gasteiger charge is -2.07. The van der Waals surface area contributed by atoms with Crippen LogP contribution in [-0.2, 0) is 20.1 Å². The quantitative estimate of drug-likeness (QED) is 0.770. The molecule has 0 saturated heterocycles. The van der Waals surface area contributed by atoms with Gasteiger partial charge in [-0.05, 0) is 24.6 Å². The first-order chi connectivity index (χ1) is 10.1. The predicted molar refractivity (Wildman–Crippen MR) is 81.9 cm³/mol.